The maximum atomic E-state index is 12.2. The molecule has 0 saturated heterocycles. The molecule has 0 aliphatic rings. The van der Waals surface area contributed by atoms with Crippen LogP contribution in [0.4, 0.5) is 0 Å². The minimum Gasteiger partial charge on any atom is -0.489 e. The van der Waals surface area contributed by atoms with Crippen molar-refractivity contribution in [3.8, 4) is 11.5 Å². The number of nitrogens with one attached hydrogen (secondary N) is 1. The van der Waals surface area contributed by atoms with Gasteiger partial charge in [0.15, 0.2) is 6.10 Å². The van der Waals surface area contributed by atoms with Gasteiger partial charge in [-0.05, 0) is 60.5 Å². The van der Waals surface area contributed by atoms with Crippen molar-refractivity contribution in [2.75, 3.05) is 0 Å². The first kappa shape index (κ1) is 21.7. The van der Waals surface area contributed by atoms with E-state index in [2.05, 4.69) is 10.5 Å². The van der Waals surface area contributed by atoms with Gasteiger partial charge in [0.2, 0.25) is 0 Å². The lowest BCUT2D eigenvalue weighted by Gasteiger charge is -2.14. The summed E-state index contributed by atoms with van der Waals surface area (Å²) >= 11 is 11.9. The van der Waals surface area contributed by atoms with Gasteiger partial charge in [-0.15, -0.1) is 0 Å². The fourth-order valence-electron chi connectivity index (χ4n) is 2.47. The Hall–Kier alpha value is -3.02. The topological polar surface area (TPSA) is 59.9 Å². The van der Waals surface area contributed by atoms with Crippen molar-refractivity contribution in [2.24, 2.45) is 5.10 Å². The Morgan fingerprint density at radius 2 is 1.80 bits per heavy atom. The Bertz CT molecular complexity index is 1010. The molecule has 1 N–H and O–H groups in total. The van der Waals surface area contributed by atoms with E-state index in [4.69, 9.17) is 32.7 Å². The number of benzene rings is 3. The molecule has 154 valence electrons. The van der Waals surface area contributed by atoms with E-state index in [1.54, 1.807) is 31.3 Å². The molecule has 0 spiro atoms. The largest absolute Gasteiger partial charge is 0.489 e. The van der Waals surface area contributed by atoms with Crippen molar-refractivity contribution in [3.05, 3.63) is 94.0 Å². The molecule has 0 aliphatic heterocycles. The quantitative estimate of drug-likeness (QED) is 0.370. The molecule has 0 radical (unpaired) electrons. The molecule has 30 heavy (non-hydrogen) atoms. The molecule has 5 nitrogen and oxygen atoms in total. The number of hydrazone groups is 1. The van der Waals surface area contributed by atoms with Gasteiger partial charge in [0.25, 0.3) is 5.91 Å². The molecule has 7 heteroatoms. The lowest BCUT2D eigenvalue weighted by molar-refractivity contribution is -0.127. The van der Waals surface area contributed by atoms with Crippen LogP contribution in [0.15, 0.2) is 77.9 Å². The summed E-state index contributed by atoms with van der Waals surface area (Å²) in [4.78, 5) is 12.2. The number of hydrogen-bond acceptors (Lipinski definition) is 4. The summed E-state index contributed by atoms with van der Waals surface area (Å²) in [7, 11) is 0. The lowest BCUT2D eigenvalue weighted by Crippen LogP contribution is -2.33. The fourth-order valence-corrected chi connectivity index (χ4v) is 2.92. The Balaban J connectivity index is 1.47. The number of halogens is 2. The Morgan fingerprint density at radius 3 is 2.50 bits per heavy atom. The van der Waals surface area contributed by atoms with E-state index in [0.717, 1.165) is 16.9 Å². The van der Waals surface area contributed by atoms with Crippen molar-refractivity contribution < 1.29 is 14.3 Å². The molecule has 0 heterocycles. The maximum absolute atomic E-state index is 12.2. The number of rotatable bonds is 8. The average Bonchev–Trinajstić information content (AvgIpc) is 2.75. The van der Waals surface area contributed by atoms with E-state index in [-0.39, 0.29) is 0 Å². The van der Waals surface area contributed by atoms with Crippen LogP contribution in [0, 0.1) is 0 Å². The average molecular weight is 443 g/mol. The van der Waals surface area contributed by atoms with E-state index in [1.807, 2.05) is 54.6 Å². The summed E-state index contributed by atoms with van der Waals surface area (Å²) in [5.41, 5.74) is 4.36. The highest BCUT2D eigenvalue weighted by Gasteiger charge is 2.15. The van der Waals surface area contributed by atoms with Crippen LogP contribution in [0.25, 0.3) is 0 Å². The maximum Gasteiger partial charge on any atom is 0.280 e. The predicted octanol–water partition coefficient (Wildman–Crippen LogP) is 5.49. The number of ether oxygens (including phenoxy) is 2. The van der Waals surface area contributed by atoms with E-state index >= 15 is 0 Å². The molecule has 3 aromatic carbocycles. The van der Waals surface area contributed by atoms with Crippen LogP contribution < -0.4 is 14.9 Å². The SMILES string of the molecule is CC(Oc1ccc(Cl)cc1Cl)C(=O)NN=Cc1ccc(OCc2ccccc2)cc1. The van der Waals surface area contributed by atoms with Crippen LogP contribution in [0.1, 0.15) is 18.1 Å². The minimum absolute atomic E-state index is 0.334. The zero-order chi connectivity index (χ0) is 21.3. The van der Waals surface area contributed by atoms with Crippen molar-refractivity contribution >= 4 is 35.3 Å². The van der Waals surface area contributed by atoms with Crippen LogP contribution in [0.5, 0.6) is 11.5 Å². The molecule has 0 fully saturated rings. The molecule has 0 bridgehead atoms. The number of hydrogen-bond donors (Lipinski definition) is 1. The van der Waals surface area contributed by atoms with Crippen LogP contribution >= 0.6 is 23.2 Å². The summed E-state index contributed by atoms with van der Waals surface area (Å²) in [5, 5.41) is 4.79. The van der Waals surface area contributed by atoms with Crippen molar-refractivity contribution in [3.63, 3.8) is 0 Å². The summed E-state index contributed by atoms with van der Waals surface area (Å²) in [6.07, 6.45) is 0.760. The van der Waals surface area contributed by atoms with Crippen LogP contribution in [-0.2, 0) is 11.4 Å². The first-order valence-corrected chi connectivity index (χ1v) is 9.98. The van der Waals surface area contributed by atoms with E-state index in [1.165, 1.54) is 0 Å². The highest BCUT2D eigenvalue weighted by Crippen LogP contribution is 2.28. The van der Waals surface area contributed by atoms with Crippen molar-refractivity contribution in [2.45, 2.75) is 19.6 Å². The monoisotopic (exact) mass is 442 g/mol. The summed E-state index contributed by atoms with van der Waals surface area (Å²) in [5.74, 6) is 0.723. The van der Waals surface area contributed by atoms with Gasteiger partial charge < -0.3 is 9.47 Å². The molecule has 3 aromatic rings. The first-order valence-electron chi connectivity index (χ1n) is 9.22. The third-order valence-electron chi connectivity index (χ3n) is 4.08. The van der Waals surface area contributed by atoms with Gasteiger partial charge in [0.1, 0.15) is 18.1 Å². The predicted molar refractivity (Wildman–Crippen MR) is 120 cm³/mol. The van der Waals surface area contributed by atoms with Gasteiger partial charge in [0, 0.05) is 5.02 Å². The molecule has 1 unspecified atom stereocenters. The second-order valence-electron chi connectivity index (χ2n) is 6.41. The highest BCUT2D eigenvalue weighted by atomic mass is 35.5. The number of carbonyl (C=O) groups excluding carboxylic acids is 1. The van der Waals surface area contributed by atoms with Gasteiger partial charge in [0.05, 0.1) is 11.2 Å². The molecular formula is C23H20Cl2N2O3. The summed E-state index contributed by atoms with van der Waals surface area (Å²) in [6, 6.07) is 22.1. The Labute approximate surface area is 185 Å². The van der Waals surface area contributed by atoms with Gasteiger partial charge in [-0.1, -0.05) is 53.5 Å². The van der Waals surface area contributed by atoms with E-state index in [0.29, 0.717) is 22.4 Å². The zero-order valence-electron chi connectivity index (χ0n) is 16.2. The molecule has 1 amide bonds. The third-order valence-corrected chi connectivity index (χ3v) is 4.61. The van der Waals surface area contributed by atoms with Crippen molar-refractivity contribution in [1.82, 2.24) is 5.43 Å². The van der Waals surface area contributed by atoms with Crippen LogP contribution in [0.3, 0.4) is 0 Å². The second kappa shape index (κ2) is 10.7. The van der Waals surface area contributed by atoms with Gasteiger partial charge in [-0.2, -0.15) is 5.10 Å². The zero-order valence-corrected chi connectivity index (χ0v) is 17.7. The van der Waals surface area contributed by atoms with Gasteiger partial charge in [-0.25, -0.2) is 5.43 Å². The third kappa shape index (κ3) is 6.51. The number of carbonyl (C=O) groups is 1. The number of amides is 1. The molecule has 0 aromatic heterocycles. The highest BCUT2D eigenvalue weighted by molar-refractivity contribution is 6.35. The molecule has 3 rings (SSSR count). The lowest BCUT2D eigenvalue weighted by atomic mass is 10.2. The van der Waals surface area contributed by atoms with Gasteiger partial charge >= 0.3 is 0 Å². The van der Waals surface area contributed by atoms with Gasteiger partial charge in [-0.3, -0.25) is 4.79 Å². The minimum atomic E-state index is -0.783. The molecule has 0 aliphatic carbocycles. The normalized spacial score (nSPS) is 11.8. The first-order chi connectivity index (χ1) is 14.5. The Morgan fingerprint density at radius 1 is 1.07 bits per heavy atom. The van der Waals surface area contributed by atoms with Crippen LogP contribution in [-0.4, -0.2) is 18.2 Å². The molecule has 0 saturated carbocycles. The standard InChI is InChI=1S/C23H20Cl2N2O3/c1-16(30-22-12-9-19(24)13-21(22)25)23(28)27-26-14-17-7-10-20(11-8-17)29-15-18-5-3-2-4-6-18/h2-14,16H,15H2,1H3,(H,27,28). The van der Waals surface area contributed by atoms with E-state index in [9.17, 15) is 4.79 Å². The number of nitrogens with zero attached hydrogens (tertiary/aromatic N) is 1. The second-order valence-corrected chi connectivity index (χ2v) is 7.26. The Kier molecular flexibility index (Phi) is 7.71. The summed E-state index contributed by atoms with van der Waals surface area (Å²) < 4.78 is 11.3. The molecule has 1 atom stereocenters. The van der Waals surface area contributed by atoms with Crippen molar-refractivity contribution in [1.29, 1.82) is 0 Å². The molecular weight excluding hydrogens is 423 g/mol. The van der Waals surface area contributed by atoms with E-state index < -0.39 is 12.0 Å². The van der Waals surface area contributed by atoms with Crippen LogP contribution in [0.2, 0.25) is 10.0 Å². The fraction of sp³-hybridized carbons (Fsp3) is 0.130. The summed E-state index contributed by atoms with van der Waals surface area (Å²) in [6.45, 7) is 2.11. The smallest absolute Gasteiger partial charge is 0.280 e.